The predicted octanol–water partition coefficient (Wildman–Crippen LogP) is 5.95. The molecule has 0 radical (unpaired) electrons. The fourth-order valence-corrected chi connectivity index (χ4v) is 5.22. The smallest absolute Gasteiger partial charge is 0.178 e. The first-order chi connectivity index (χ1) is 18.2. The lowest BCUT2D eigenvalue weighted by molar-refractivity contribution is 0.220. The van der Waals surface area contributed by atoms with Crippen LogP contribution in [0.5, 0.6) is 0 Å². The molecule has 5 aromatic heterocycles. The number of aromatic nitrogens is 6. The third-order valence-corrected chi connectivity index (χ3v) is 7.06. The van der Waals surface area contributed by atoms with Crippen LogP contribution in [0.15, 0.2) is 65.9 Å². The largest absolute Gasteiger partial charge is 0.472 e. The fraction of sp³-hybridized carbons (Fsp3) is 0.214. The third-order valence-electron chi connectivity index (χ3n) is 7.06. The Morgan fingerprint density at radius 3 is 2.78 bits per heavy atom. The molecule has 9 heteroatoms. The van der Waals surface area contributed by atoms with E-state index in [-0.39, 0.29) is 5.52 Å². The number of nitrogens with one attached hydrogen (secondary N) is 2. The first-order valence-electron chi connectivity index (χ1n) is 12.4. The van der Waals surface area contributed by atoms with Crippen molar-refractivity contribution in [1.82, 2.24) is 35.0 Å². The van der Waals surface area contributed by atoms with Gasteiger partial charge in [0.25, 0.3) is 0 Å². The molecule has 7 rings (SSSR count). The Hall–Kier alpha value is -4.37. The maximum Gasteiger partial charge on any atom is 0.178 e. The molecule has 0 atom stereocenters. The Kier molecular flexibility index (Phi) is 5.28. The van der Waals surface area contributed by atoms with Gasteiger partial charge in [0.15, 0.2) is 17.3 Å². The summed E-state index contributed by atoms with van der Waals surface area (Å²) in [5.74, 6) is 0.138. The van der Waals surface area contributed by atoms with Crippen LogP contribution in [-0.4, -0.2) is 48.1 Å². The minimum Gasteiger partial charge on any atom is -0.472 e. The summed E-state index contributed by atoms with van der Waals surface area (Å²) in [4.78, 5) is 19.4. The Morgan fingerprint density at radius 2 is 1.92 bits per heavy atom. The predicted molar refractivity (Wildman–Crippen MR) is 139 cm³/mol. The Bertz CT molecular complexity index is 1710. The van der Waals surface area contributed by atoms with Crippen LogP contribution in [0.4, 0.5) is 4.39 Å². The van der Waals surface area contributed by atoms with E-state index in [2.05, 4.69) is 41.1 Å². The number of rotatable bonds is 5. The molecule has 1 aliphatic heterocycles. The van der Waals surface area contributed by atoms with Gasteiger partial charge in [-0.25, -0.2) is 14.4 Å². The monoisotopic (exact) mass is 493 g/mol. The number of pyridine rings is 2. The second kappa shape index (κ2) is 8.94. The second-order valence-electron chi connectivity index (χ2n) is 9.53. The summed E-state index contributed by atoms with van der Waals surface area (Å²) >= 11 is 0. The van der Waals surface area contributed by atoms with Crippen LogP contribution < -0.4 is 0 Å². The molecular formula is C28H24FN7O. The Morgan fingerprint density at radius 1 is 1.00 bits per heavy atom. The van der Waals surface area contributed by atoms with Crippen molar-refractivity contribution in [2.45, 2.75) is 25.8 Å². The van der Waals surface area contributed by atoms with Crippen molar-refractivity contribution >= 4 is 22.1 Å². The molecule has 6 heterocycles. The van der Waals surface area contributed by atoms with Gasteiger partial charge in [0.2, 0.25) is 0 Å². The van der Waals surface area contributed by atoms with Gasteiger partial charge in [-0.3, -0.25) is 15.0 Å². The highest BCUT2D eigenvalue weighted by Crippen LogP contribution is 2.34. The summed E-state index contributed by atoms with van der Waals surface area (Å²) in [5, 5.41) is 7.87. The fourth-order valence-electron chi connectivity index (χ4n) is 5.22. The lowest BCUT2D eigenvalue weighted by Crippen LogP contribution is -2.29. The van der Waals surface area contributed by atoms with Crippen LogP contribution in [0.25, 0.3) is 55.8 Å². The van der Waals surface area contributed by atoms with Gasteiger partial charge < -0.3 is 9.40 Å². The first-order valence-corrected chi connectivity index (χ1v) is 12.4. The summed E-state index contributed by atoms with van der Waals surface area (Å²) in [6.07, 6.45) is 12.5. The molecule has 0 amide bonds. The van der Waals surface area contributed by atoms with Gasteiger partial charge in [-0.2, -0.15) is 5.10 Å². The molecule has 1 aromatic carbocycles. The highest BCUT2D eigenvalue weighted by atomic mass is 19.1. The summed E-state index contributed by atoms with van der Waals surface area (Å²) < 4.78 is 20.5. The molecule has 1 fully saturated rings. The van der Waals surface area contributed by atoms with Crippen LogP contribution in [0.1, 0.15) is 24.8 Å². The van der Waals surface area contributed by atoms with Crippen molar-refractivity contribution in [2.75, 3.05) is 13.1 Å². The van der Waals surface area contributed by atoms with Crippen LogP contribution in [0.3, 0.4) is 0 Å². The topological polar surface area (TPSA) is 99.5 Å². The number of imidazole rings is 1. The molecule has 0 saturated carbocycles. The van der Waals surface area contributed by atoms with Gasteiger partial charge in [0.05, 0.1) is 18.0 Å². The number of piperidine rings is 1. The zero-order valence-corrected chi connectivity index (χ0v) is 20.0. The van der Waals surface area contributed by atoms with Crippen LogP contribution >= 0.6 is 0 Å². The lowest BCUT2D eigenvalue weighted by Gasteiger charge is -2.26. The molecular weight excluding hydrogens is 469 g/mol. The number of halogens is 1. The molecule has 6 aromatic rings. The average molecular weight is 494 g/mol. The lowest BCUT2D eigenvalue weighted by atomic mass is 10.0. The van der Waals surface area contributed by atoms with E-state index in [1.165, 1.54) is 25.3 Å². The first kappa shape index (κ1) is 21.9. The number of H-pyrrole nitrogens is 2. The molecule has 184 valence electrons. The molecule has 0 unspecified atom stereocenters. The van der Waals surface area contributed by atoms with Gasteiger partial charge in [-0.1, -0.05) is 6.42 Å². The van der Waals surface area contributed by atoms with Crippen molar-refractivity contribution in [1.29, 1.82) is 0 Å². The summed E-state index contributed by atoms with van der Waals surface area (Å²) in [5.41, 5.74) is 6.78. The van der Waals surface area contributed by atoms with Gasteiger partial charge in [-0.15, -0.1) is 0 Å². The van der Waals surface area contributed by atoms with E-state index < -0.39 is 5.82 Å². The number of likely N-dealkylation sites (tertiary alicyclic amines) is 1. The zero-order chi connectivity index (χ0) is 24.8. The summed E-state index contributed by atoms with van der Waals surface area (Å²) in [6, 6.07) is 9.35. The van der Waals surface area contributed by atoms with Crippen LogP contribution in [-0.2, 0) is 6.54 Å². The van der Waals surface area contributed by atoms with E-state index in [4.69, 9.17) is 4.42 Å². The number of hydrogen-bond donors (Lipinski definition) is 2. The van der Waals surface area contributed by atoms with Crippen molar-refractivity contribution < 1.29 is 8.81 Å². The van der Waals surface area contributed by atoms with E-state index in [1.54, 1.807) is 24.9 Å². The van der Waals surface area contributed by atoms with Crippen LogP contribution in [0.2, 0.25) is 0 Å². The van der Waals surface area contributed by atoms with E-state index in [9.17, 15) is 0 Å². The van der Waals surface area contributed by atoms with Gasteiger partial charge in [0.1, 0.15) is 11.2 Å². The molecule has 1 aliphatic rings. The zero-order valence-electron chi connectivity index (χ0n) is 20.0. The normalized spacial score (nSPS) is 14.6. The van der Waals surface area contributed by atoms with E-state index in [0.29, 0.717) is 22.6 Å². The Balaban J connectivity index is 1.29. The SMILES string of the molecule is Fc1cc(-c2cncc(CN3CCCCC3)c2)cc2c(-c3nc4nccc(-c5ccoc5)c4[nH]3)[nH]nc12. The van der Waals surface area contributed by atoms with Crippen molar-refractivity contribution in [3.8, 4) is 33.8 Å². The van der Waals surface area contributed by atoms with Gasteiger partial charge in [-0.05, 0) is 67.4 Å². The maximum atomic E-state index is 15.2. The second-order valence-corrected chi connectivity index (χ2v) is 9.53. The van der Waals surface area contributed by atoms with Crippen molar-refractivity contribution in [3.63, 3.8) is 0 Å². The van der Waals surface area contributed by atoms with Gasteiger partial charge >= 0.3 is 0 Å². The minimum absolute atomic E-state index is 0.264. The van der Waals surface area contributed by atoms with Gasteiger partial charge in [0, 0.05) is 47.2 Å². The van der Waals surface area contributed by atoms with E-state index in [1.807, 2.05) is 24.4 Å². The Labute approximate surface area is 211 Å². The molecule has 2 N–H and O–H groups in total. The number of fused-ring (bicyclic) bond motifs is 2. The molecule has 8 nitrogen and oxygen atoms in total. The number of aromatic amines is 2. The molecule has 0 spiro atoms. The van der Waals surface area contributed by atoms with E-state index >= 15 is 4.39 Å². The number of hydrogen-bond acceptors (Lipinski definition) is 6. The number of furan rings is 1. The maximum absolute atomic E-state index is 15.2. The number of nitrogens with zero attached hydrogens (tertiary/aromatic N) is 5. The standard InChI is InChI=1S/C28H24FN7O/c29-23-12-19(20-10-17(13-30-14-20)15-36-7-2-1-3-8-36)11-22-24(23)34-35-26(22)28-32-25-21(18-5-9-37-16-18)4-6-31-27(25)33-28/h4-6,9-14,16H,1-3,7-8,15H2,(H,34,35)(H,31,32,33). The van der Waals surface area contributed by atoms with Crippen molar-refractivity contribution in [3.05, 3.63) is 72.8 Å². The molecule has 0 bridgehead atoms. The highest BCUT2D eigenvalue weighted by molar-refractivity contribution is 5.97. The third kappa shape index (κ3) is 3.97. The average Bonchev–Trinajstić information content (AvgIpc) is 3.69. The van der Waals surface area contributed by atoms with Crippen LogP contribution in [0, 0.1) is 5.82 Å². The minimum atomic E-state index is -0.398. The molecule has 0 aliphatic carbocycles. The van der Waals surface area contributed by atoms with E-state index in [0.717, 1.165) is 53.0 Å². The number of benzene rings is 1. The van der Waals surface area contributed by atoms with Crippen molar-refractivity contribution in [2.24, 2.45) is 0 Å². The summed E-state index contributed by atoms with van der Waals surface area (Å²) in [6.45, 7) is 3.07. The quantitative estimate of drug-likeness (QED) is 0.308. The highest BCUT2D eigenvalue weighted by Gasteiger charge is 2.19. The summed E-state index contributed by atoms with van der Waals surface area (Å²) in [7, 11) is 0. The molecule has 37 heavy (non-hydrogen) atoms. The molecule has 1 saturated heterocycles.